The molecule has 0 aliphatic carbocycles. The van der Waals surface area contributed by atoms with Gasteiger partial charge in [0, 0.05) is 83.5 Å². The molecule has 0 atom stereocenters. The third kappa shape index (κ3) is 8.13. The minimum atomic E-state index is 0.480. The van der Waals surface area contributed by atoms with Crippen molar-refractivity contribution in [2.45, 2.75) is 0 Å². The molecule has 16 aromatic rings. The molecule has 12 aromatic carbocycles. The third-order valence-corrected chi connectivity index (χ3v) is 16.0. The Bertz CT molecular complexity index is 4740. The number of hydrogen-bond donors (Lipinski definition) is 0. The smallest absolute Gasteiger partial charge is 0.241 e. The summed E-state index contributed by atoms with van der Waals surface area (Å²) in [6.07, 6.45) is 0. The number of aromatic nitrogens is 6. The lowest BCUT2D eigenvalue weighted by molar-refractivity contribution is 0.848. The molecule has 396 valence electrons. The zero-order valence-electron chi connectivity index (χ0n) is 45.5. The number of fused-ring (bicyclic) bond motifs is 9. The Hall–Kier alpha value is -11.6. The quantitative estimate of drug-likeness (QED) is 0.121. The van der Waals surface area contributed by atoms with E-state index in [9.17, 15) is 0 Å². The highest BCUT2D eigenvalue weighted by atomic mass is 15.3. The minimum Gasteiger partial charge on any atom is -0.310 e. The van der Waals surface area contributed by atoms with Crippen molar-refractivity contribution < 1.29 is 0 Å². The third-order valence-electron chi connectivity index (χ3n) is 16.0. The molecule has 0 radical (unpaired) electrons. The second-order valence-electron chi connectivity index (χ2n) is 20.9. The number of para-hydroxylation sites is 9. The molecule has 4 aromatic heterocycles. The number of nitrogens with zero attached hydrogens (tertiary/aromatic N) is 9. The molecule has 0 aliphatic heterocycles. The van der Waals surface area contributed by atoms with Crippen LogP contribution in [0.2, 0.25) is 0 Å². The van der Waals surface area contributed by atoms with Crippen molar-refractivity contribution >= 4 is 117 Å². The van der Waals surface area contributed by atoms with Gasteiger partial charge in [0.15, 0.2) is 0 Å². The van der Waals surface area contributed by atoms with Crippen LogP contribution in [0.1, 0.15) is 0 Å². The van der Waals surface area contributed by atoms with Crippen LogP contribution in [0.25, 0.3) is 83.3 Å². The Morgan fingerprint density at radius 1 is 0.179 bits per heavy atom. The van der Waals surface area contributed by atoms with E-state index in [0.29, 0.717) is 17.8 Å². The first-order valence-corrected chi connectivity index (χ1v) is 28.3. The monoisotopic (exact) mass is 1080 g/mol. The minimum absolute atomic E-state index is 0.480. The van der Waals surface area contributed by atoms with E-state index >= 15 is 0 Å². The summed E-state index contributed by atoms with van der Waals surface area (Å²) < 4.78 is 6.66. The lowest BCUT2D eigenvalue weighted by Gasteiger charge is -2.25. The molecule has 0 aliphatic rings. The van der Waals surface area contributed by atoms with Crippen molar-refractivity contribution in [3.05, 3.63) is 309 Å². The highest BCUT2D eigenvalue weighted by Gasteiger charge is 2.26. The molecule has 0 unspecified atom stereocenters. The van der Waals surface area contributed by atoms with Gasteiger partial charge in [0.05, 0.1) is 33.1 Å². The van der Waals surface area contributed by atoms with E-state index in [1.807, 2.05) is 0 Å². The lowest BCUT2D eigenvalue weighted by Crippen LogP contribution is -2.14. The Labute approximate surface area is 484 Å². The molecule has 0 amide bonds. The van der Waals surface area contributed by atoms with Crippen molar-refractivity contribution in [2.75, 3.05) is 14.7 Å². The Morgan fingerprint density at radius 2 is 0.417 bits per heavy atom. The molecule has 84 heavy (non-hydrogen) atoms. The maximum Gasteiger partial charge on any atom is 0.241 e. The van der Waals surface area contributed by atoms with Crippen LogP contribution in [-0.4, -0.2) is 28.7 Å². The summed E-state index contributed by atoms with van der Waals surface area (Å²) in [5.41, 5.74) is 15.2. The van der Waals surface area contributed by atoms with Crippen molar-refractivity contribution in [3.63, 3.8) is 0 Å². The summed E-state index contributed by atoms with van der Waals surface area (Å²) in [6.45, 7) is 0. The predicted molar refractivity (Wildman–Crippen MR) is 347 cm³/mol. The van der Waals surface area contributed by atoms with Crippen LogP contribution < -0.4 is 14.7 Å². The molecule has 16 rings (SSSR count). The lowest BCUT2D eigenvalue weighted by atomic mass is 10.1. The number of hydrogen-bond acceptors (Lipinski definition) is 6. The Morgan fingerprint density at radius 3 is 0.750 bits per heavy atom. The highest BCUT2D eigenvalue weighted by molar-refractivity contribution is 6.13. The largest absolute Gasteiger partial charge is 0.310 e. The van der Waals surface area contributed by atoms with E-state index in [1.54, 1.807) is 0 Å². The van der Waals surface area contributed by atoms with Crippen molar-refractivity contribution in [2.24, 2.45) is 0 Å². The summed E-state index contributed by atoms with van der Waals surface area (Å²) in [7, 11) is 0. The van der Waals surface area contributed by atoms with E-state index in [4.69, 9.17) is 15.0 Å². The van der Waals surface area contributed by atoms with Gasteiger partial charge in [-0.1, -0.05) is 170 Å². The molecular weight excluding hydrogens is 1030 g/mol. The summed E-state index contributed by atoms with van der Waals surface area (Å²) in [4.78, 5) is 24.0. The normalized spacial score (nSPS) is 11.6. The van der Waals surface area contributed by atoms with Crippen LogP contribution in [-0.2, 0) is 0 Å². The van der Waals surface area contributed by atoms with Crippen LogP contribution >= 0.6 is 0 Å². The van der Waals surface area contributed by atoms with Crippen molar-refractivity contribution in [3.8, 4) is 17.8 Å². The molecule has 0 fully saturated rings. The fraction of sp³-hybridized carbons (Fsp3) is 0. The summed E-state index contributed by atoms with van der Waals surface area (Å²) in [5.74, 6) is 1.44. The first-order chi connectivity index (χ1) is 41.7. The van der Waals surface area contributed by atoms with Gasteiger partial charge in [0.2, 0.25) is 17.8 Å². The van der Waals surface area contributed by atoms with Crippen LogP contribution in [0, 0.1) is 0 Å². The van der Waals surface area contributed by atoms with Gasteiger partial charge < -0.3 is 14.7 Å². The number of rotatable bonds is 12. The van der Waals surface area contributed by atoms with Gasteiger partial charge in [0.1, 0.15) is 0 Å². The fourth-order valence-corrected chi connectivity index (χ4v) is 12.4. The first kappa shape index (κ1) is 48.4. The second kappa shape index (κ2) is 20.2. The van der Waals surface area contributed by atoms with Gasteiger partial charge in [-0.05, 0) is 140 Å². The summed E-state index contributed by atoms with van der Waals surface area (Å²) in [5, 5.41) is 6.46. The van der Waals surface area contributed by atoms with E-state index in [1.165, 1.54) is 0 Å². The average molecular weight is 1080 g/mol. The van der Waals surface area contributed by atoms with Crippen LogP contribution in [0.4, 0.5) is 51.2 Å². The standard InChI is InChI=1S/C75H51N9/c1-7-25-52(26-8-1)79(53-27-9-2-10-28-53)58-44-47-70-65(49-58)62-38-20-23-41-68(62)82(70)73-76-74(83-69-42-24-21-39-63(69)66-50-59(45-48-71(66)83)80(54-29-11-3-12-30-54)55-31-13-4-14-32-55)78-75(77-73)84-67-40-22-19-37-61(67)64-46-43-60(51-72(64)84)81(56-33-15-5-16-34-56)57-35-17-6-18-36-57/h1-51H. The van der Waals surface area contributed by atoms with Gasteiger partial charge in [-0.3, -0.25) is 13.7 Å². The molecule has 0 saturated carbocycles. The molecule has 9 nitrogen and oxygen atoms in total. The fourth-order valence-electron chi connectivity index (χ4n) is 12.4. The van der Waals surface area contributed by atoms with E-state index in [0.717, 1.165) is 117 Å². The Kier molecular flexibility index (Phi) is 11.6. The summed E-state index contributed by atoms with van der Waals surface area (Å²) >= 11 is 0. The van der Waals surface area contributed by atoms with Gasteiger partial charge in [-0.25, -0.2) is 0 Å². The first-order valence-electron chi connectivity index (χ1n) is 28.3. The zero-order chi connectivity index (χ0) is 55.5. The molecular formula is C75H51N9. The van der Waals surface area contributed by atoms with Crippen molar-refractivity contribution in [1.82, 2.24) is 28.7 Å². The van der Waals surface area contributed by atoms with Gasteiger partial charge in [-0.15, -0.1) is 0 Å². The molecule has 0 N–H and O–H groups in total. The topological polar surface area (TPSA) is 63.2 Å². The molecule has 0 bridgehead atoms. The zero-order valence-corrected chi connectivity index (χ0v) is 45.5. The predicted octanol–water partition coefficient (Wildman–Crippen LogP) is 19.6. The SMILES string of the molecule is c1ccc(N(c2ccccc2)c2ccc3c(c2)c2ccccc2n3-c2nc(-n3c4ccccc4c4cc(N(c5ccccc5)c5ccccc5)ccc43)nc(-n3c4ccccc4c4ccc(N(c5ccccc5)c5ccccc5)cc43)n2)cc1. The van der Waals surface area contributed by atoms with Crippen molar-refractivity contribution in [1.29, 1.82) is 0 Å². The maximum absolute atomic E-state index is 5.70. The second-order valence-corrected chi connectivity index (χ2v) is 20.9. The highest BCUT2D eigenvalue weighted by Crippen LogP contribution is 2.44. The molecule has 0 spiro atoms. The maximum atomic E-state index is 5.70. The number of anilines is 9. The van der Waals surface area contributed by atoms with Gasteiger partial charge >= 0.3 is 0 Å². The number of benzene rings is 12. The van der Waals surface area contributed by atoms with E-state index in [2.05, 4.69) is 338 Å². The van der Waals surface area contributed by atoms with Gasteiger partial charge in [-0.2, -0.15) is 15.0 Å². The summed E-state index contributed by atoms with van der Waals surface area (Å²) in [6, 6.07) is 109. The van der Waals surface area contributed by atoms with E-state index in [-0.39, 0.29) is 0 Å². The molecule has 4 heterocycles. The molecule has 9 heteroatoms. The Balaban J connectivity index is 0.969. The van der Waals surface area contributed by atoms with Gasteiger partial charge in [0.25, 0.3) is 0 Å². The van der Waals surface area contributed by atoms with E-state index < -0.39 is 0 Å². The van der Waals surface area contributed by atoms with Crippen LogP contribution in [0.15, 0.2) is 309 Å². The van der Waals surface area contributed by atoms with Crippen LogP contribution in [0.5, 0.6) is 0 Å². The molecule has 0 saturated heterocycles. The van der Waals surface area contributed by atoms with Crippen LogP contribution in [0.3, 0.4) is 0 Å². The average Bonchev–Trinajstić information content (AvgIpc) is 4.16.